The first kappa shape index (κ1) is 15.6. The van der Waals surface area contributed by atoms with Crippen molar-refractivity contribution in [3.8, 4) is 0 Å². The van der Waals surface area contributed by atoms with Gasteiger partial charge in [0.15, 0.2) is 0 Å². The van der Waals surface area contributed by atoms with Crippen LogP contribution in [0.15, 0.2) is 12.1 Å². The van der Waals surface area contributed by atoms with E-state index in [9.17, 15) is 5.11 Å². The summed E-state index contributed by atoms with van der Waals surface area (Å²) in [5, 5.41) is 9.67. The topological polar surface area (TPSA) is 32.7 Å². The molecule has 0 aliphatic heterocycles. The van der Waals surface area contributed by atoms with Gasteiger partial charge in [-0.25, -0.2) is 0 Å². The maximum atomic E-state index is 9.67. The second-order valence-corrected chi connectivity index (χ2v) is 6.99. The molecule has 0 amide bonds. The van der Waals surface area contributed by atoms with Crippen LogP contribution in [0.1, 0.15) is 30.5 Å². The monoisotopic (exact) mass is 271 g/mol. The third-order valence-corrected chi connectivity index (χ3v) is 4.20. The lowest BCUT2D eigenvalue weighted by Crippen LogP contribution is -2.31. The zero-order valence-electron chi connectivity index (χ0n) is 12.1. The number of likely N-dealkylation sites (N-methyl/N-ethyl adjacent to an activating group) is 1. The zero-order valence-corrected chi connectivity index (χ0v) is 12.9. The number of rotatable bonds is 6. The van der Waals surface area contributed by atoms with Gasteiger partial charge in [-0.1, -0.05) is 20.8 Å². The fraction of sp³-hybridized carbons (Fsp3) is 0.714. The molecule has 4 heteroatoms. The van der Waals surface area contributed by atoms with Crippen LogP contribution < -0.4 is 0 Å². The van der Waals surface area contributed by atoms with Crippen LogP contribution in [-0.2, 0) is 16.7 Å². The Kier molecular flexibility index (Phi) is 5.79. The van der Waals surface area contributed by atoms with Gasteiger partial charge in [0.1, 0.15) is 0 Å². The Labute approximate surface area is 114 Å². The number of methoxy groups -OCH3 is 1. The first-order valence-electron chi connectivity index (χ1n) is 6.27. The van der Waals surface area contributed by atoms with Crippen LogP contribution in [0.5, 0.6) is 0 Å². The van der Waals surface area contributed by atoms with Gasteiger partial charge in [0.05, 0.1) is 12.7 Å². The van der Waals surface area contributed by atoms with Gasteiger partial charge in [-0.15, -0.1) is 11.3 Å². The van der Waals surface area contributed by atoms with E-state index in [1.165, 1.54) is 9.75 Å². The van der Waals surface area contributed by atoms with E-state index in [1.807, 2.05) is 18.4 Å². The van der Waals surface area contributed by atoms with Crippen molar-refractivity contribution in [2.45, 2.75) is 38.8 Å². The van der Waals surface area contributed by atoms with Crippen LogP contribution in [0.4, 0.5) is 0 Å². The molecule has 0 radical (unpaired) electrons. The number of nitrogens with zero attached hydrogens (tertiary/aromatic N) is 1. The van der Waals surface area contributed by atoms with Crippen LogP contribution in [0.2, 0.25) is 0 Å². The fourth-order valence-corrected chi connectivity index (χ4v) is 2.95. The molecular formula is C14H25NO2S. The van der Waals surface area contributed by atoms with E-state index in [0.29, 0.717) is 13.2 Å². The van der Waals surface area contributed by atoms with Gasteiger partial charge >= 0.3 is 0 Å². The van der Waals surface area contributed by atoms with Crippen molar-refractivity contribution < 1.29 is 9.84 Å². The van der Waals surface area contributed by atoms with E-state index < -0.39 is 6.10 Å². The average molecular weight is 271 g/mol. The largest absolute Gasteiger partial charge is 0.389 e. The van der Waals surface area contributed by atoms with E-state index in [0.717, 1.165) is 6.54 Å². The molecule has 3 nitrogen and oxygen atoms in total. The first-order chi connectivity index (χ1) is 8.32. The van der Waals surface area contributed by atoms with Crippen molar-refractivity contribution in [2.24, 2.45) is 0 Å². The molecule has 0 saturated heterocycles. The van der Waals surface area contributed by atoms with Crippen molar-refractivity contribution in [2.75, 3.05) is 27.3 Å². The molecule has 1 rings (SSSR count). The van der Waals surface area contributed by atoms with Crippen molar-refractivity contribution in [1.29, 1.82) is 0 Å². The molecule has 1 aromatic heterocycles. The number of aliphatic hydroxyl groups excluding tert-OH is 1. The summed E-state index contributed by atoms with van der Waals surface area (Å²) in [4.78, 5) is 4.87. The van der Waals surface area contributed by atoms with Crippen LogP contribution in [0, 0.1) is 0 Å². The van der Waals surface area contributed by atoms with Gasteiger partial charge in [0.2, 0.25) is 0 Å². The Bertz CT molecular complexity index is 357. The summed E-state index contributed by atoms with van der Waals surface area (Å²) < 4.78 is 4.93. The SMILES string of the molecule is COCC(O)CN(C)Cc1ccc(C(C)(C)C)s1. The number of ether oxygens (including phenoxy) is 1. The number of thiophene rings is 1. The average Bonchev–Trinajstić information content (AvgIpc) is 2.65. The van der Waals surface area contributed by atoms with Gasteiger partial charge in [0, 0.05) is 30.0 Å². The standard InChI is InChI=1S/C14H25NO2S/c1-14(2,3)13-7-6-12(18-13)9-15(4)8-11(16)10-17-5/h6-7,11,16H,8-10H2,1-5H3. The Balaban J connectivity index is 2.49. The molecule has 1 atom stereocenters. The second kappa shape index (κ2) is 6.66. The summed E-state index contributed by atoms with van der Waals surface area (Å²) >= 11 is 1.85. The summed E-state index contributed by atoms with van der Waals surface area (Å²) in [5.41, 5.74) is 0.219. The number of hydrogen-bond acceptors (Lipinski definition) is 4. The Morgan fingerprint density at radius 3 is 2.56 bits per heavy atom. The molecule has 0 bridgehead atoms. The molecule has 0 aliphatic carbocycles. The van der Waals surface area contributed by atoms with E-state index in [4.69, 9.17) is 4.74 Å². The highest BCUT2D eigenvalue weighted by atomic mass is 32.1. The van der Waals surface area contributed by atoms with Crippen molar-refractivity contribution >= 4 is 11.3 Å². The number of aliphatic hydroxyl groups is 1. The van der Waals surface area contributed by atoms with Crippen molar-refractivity contribution in [3.63, 3.8) is 0 Å². The molecule has 1 unspecified atom stereocenters. The lowest BCUT2D eigenvalue weighted by molar-refractivity contribution is 0.0420. The van der Waals surface area contributed by atoms with Crippen LogP contribution in [0.3, 0.4) is 0 Å². The number of hydrogen-bond donors (Lipinski definition) is 1. The molecule has 0 aliphatic rings. The molecular weight excluding hydrogens is 246 g/mol. The summed E-state index contributed by atoms with van der Waals surface area (Å²) in [6.07, 6.45) is -0.415. The van der Waals surface area contributed by atoms with Crippen LogP contribution in [0.25, 0.3) is 0 Å². The third kappa shape index (κ3) is 5.06. The summed E-state index contributed by atoms with van der Waals surface area (Å²) in [5.74, 6) is 0. The first-order valence-corrected chi connectivity index (χ1v) is 7.09. The molecule has 1 heterocycles. The van der Waals surface area contributed by atoms with Gasteiger partial charge < -0.3 is 9.84 Å². The highest BCUT2D eigenvalue weighted by molar-refractivity contribution is 7.12. The minimum atomic E-state index is -0.415. The molecule has 1 N–H and O–H groups in total. The highest BCUT2D eigenvalue weighted by Crippen LogP contribution is 2.29. The third-order valence-electron chi connectivity index (χ3n) is 2.71. The van der Waals surface area contributed by atoms with E-state index in [-0.39, 0.29) is 5.41 Å². The molecule has 0 aromatic carbocycles. The molecule has 104 valence electrons. The van der Waals surface area contributed by atoms with Crippen molar-refractivity contribution in [3.05, 3.63) is 21.9 Å². The lowest BCUT2D eigenvalue weighted by atomic mass is 9.95. The summed E-state index contributed by atoms with van der Waals surface area (Å²) in [6, 6.07) is 4.39. The highest BCUT2D eigenvalue weighted by Gasteiger charge is 2.16. The molecule has 0 spiro atoms. The van der Waals surface area contributed by atoms with E-state index in [1.54, 1.807) is 7.11 Å². The Morgan fingerprint density at radius 2 is 2.06 bits per heavy atom. The minimum absolute atomic E-state index is 0.219. The predicted molar refractivity (Wildman–Crippen MR) is 77.2 cm³/mol. The second-order valence-electron chi connectivity index (χ2n) is 5.82. The molecule has 18 heavy (non-hydrogen) atoms. The summed E-state index contributed by atoms with van der Waals surface area (Å²) in [7, 11) is 3.63. The Hall–Kier alpha value is -0.420. The van der Waals surface area contributed by atoms with Crippen LogP contribution >= 0.6 is 11.3 Å². The van der Waals surface area contributed by atoms with Crippen LogP contribution in [-0.4, -0.2) is 43.4 Å². The normalized spacial score (nSPS) is 14.2. The van der Waals surface area contributed by atoms with E-state index >= 15 is 0 Å². The maximum absolute atomic E-state index is 9.67. The quantitative estimate of drug-likeness (QED) is 0.863. The maximum Gasteiger partial charge on any atom is 0.0900 e. The minimum Gasteiger partial charge on any atom is -0.389 e. The smallest absolute Gasteiger partial charge is 0.0900 e. The van der Waals surface area contributed by atoms with Gasteiger partial charge in [-0.3, -0.25) is 4.90 Å². The van der Waals surface area contributed by atoms with Gasteiger partial charge in [-0.2, -0.15) is 0 Å². The molecule has 1 aromatic rings. The van der Waals surface area contributed by atoms with Gasteiger partial charge in [-0.05, 0) is 24.6 Å². The molecule has 0 saturated carbocycles. The van der Waals surface area contributed by atoms with Crippen molar-refractivity contribution in [1.82, 2.24) is 4.90 Å². The zero-order chi connectivity index (χ0) is 13.8. The Morgan fingerprint density at radius 1 is 1.39 bits per heavy atom. The molecule has 0 fully saturated rings. The summed E-state index contributed by atoms with van der Waals surface area (Å²) in [6.45, 7) is 8.60. The predicted octanol–water partition coefficient (Wildman–Crippen LogP) is 2.48. The fourth-order valence-electron chi connectivity index (χ4n) is 1.80. The lowest BCUT2D eigenvalue weighted by Gasteiger charge is -2.19. The van der Waals surface area contributed by atoms with Gasteiger partial charge in [0.25, 0.3) is 0 Å². The van der Waals surface area contributed by atoms with E-state index in [2.05, 4.69) is 37.8 Å².